The Bertz CT molecular complexity index is 1030. The zero-order chi connectivity index (χ0) is 42.3. The van der Waals surface area contributed by atoms with Gasteiger partial charge in [0.1, 0.15) is 13.2 Å². The lowest BCUT2D eigenvalue weighted by Gasteiger charge is -2.18. The quantitative estimate of drug-likeness (QED) is 0.0264. The number of ether oxygens (including phenoxy) is 3. The Morgan fingerprint density at radius 3 is 1.02 bits per heavy atom. The van der Waals surface area contributed by atoms with Gasteiger partial charge in [0.05, 0.1) is 0 Å². The minimum Gasteiger partial charge on any atom is -0.462 e. The Kier molecular flexibility index (Phi) is 44.9. The fraction of sp³-hybridized carbons (Fsp3) is 0.788. The molecule has 6 heteroatoms. The van der Waals surface area contributed by atoms with E-state index >= 15 is 0 Å². The van der Waals surface area contributed by atoms with Crippen molar-refractivity contribution in [1.82, 2.24) is 0 Å². The first-order valence-corrected chi connectivity index (χ1v) is 24.6. The predicted octanol–water partition coefficient (Wildman–Crippen LogP) is 15.9. The molecule has 0 saturated heterocycles. The Labute approximate surface area is 358 Å². The number of rotatable bonds is 44. The Morgan fingerprint density at radius 1 is 0.362 bits per heavy atom. The average Bonchev–Trinajstić information content (AvgIpc) is 3.22. The van der Waals surface area contributed by atoms with Crippen LogP contribution in [0.5, 0.6) is 0 Å². The molecule has 0 aliphatic rings. The molecule has 0 saturated carbocycles. The van der Waals surface area contributed by atoms with Crippen LogP contribution in [0.25, 0.3) is 0 Å². The summed E-state index contributed by atoms with van der Waals surface area (Å²) in [6.45, 7) is 6.46. The van der Waals surface area contributed by atoms with E-state index in [1.807, 2.05) is 12.2 Å². The van der Waals surface area contributed by atoms with Gasteiger partial charge in [-0.3, -0.25) is 14.4 Å². The molecule has 1 atom stereocenters. The van der Waals surface area contributed by atoms with Gasteiger partial charge in [-0.1, -0.05) is 230 Å². The summed E-state index contributed by atoms with van der Waals surface area (Å²) in [6, 6.07) is 0. The number of hydrogen-bond acceptors (Lipinski definition) is 6. The van der Waals surface area contributed by atoms with Crippen LogP contribution in [-0.4, -0.2) is 37.2 Å². The van der Waals surface area contributed by atoms with Crippen molar-refractivity contribution in [3.05, 3.63) is 48.6 Å². The molecule has 0 aromatic carbocycles. The summed E-state index contributed by atoms with van der Waals surface area (Å²) in [6.07, 6.45) is 55.4. The molecule has 0 aromatic rings. The molecule has 0 bridgehead atoms. The minimum absolute atomic E-state index is 0.0982. The number of hydrogen-bond donors (Lipinski definition) is 0. The maximum Gasteiger partial charge on any atom is 0.306 e. The van der Waals surface area contributed by atoms with Crippen LogP contribution in [-0.2, 0) is 28.6 Å². The van der Waals surface area contributed by atoms with Gasteiger partial charge in [0, 0.05) is 19.3 Å². The summed E-state index contributed by atoms with van der Waals surface area (Å²) in [4.78, 5) is 37.8. The fourth-order valence-electron chi connectivity index (χ4n) is 6.93. The van der Waals surface area contributed by atoms with Crippen molar-refractivity contribution >= 4 is 17.9 Å². The van der Waals surface area contributed by atoms with Gasteiger partial charge in [-0.05, 0) is 44.9 Å². The second kappa shape index (κ2) is 47.1. The summed E-state index contributed by atoms with van der Waals surface area (Å²) in [5, 5.41) is 0. The second-order valence-electron chi connectivity index (χ2n) is 16.4. The van der Waals surface area contributed by atoms with Crippen LogP contribution >= 0.6 is 0 Å². The number of esters is 3. The molecule has 0 aliphatic heterocycles. The Balaban J connectivity index is 4.38. The zero-order valence-electron chi connectivity index (χ0n) is 38.3. The van der Waals surface area contributed by atoms with Crippen molar-refractivity contribution in [2.45, 2.75) is 252 Å². The highest BCUT2D eigenvalue weighted by atomic mass is 16.6. The molecule has 0 amide bonds. The van der Waals surface area contributed by atoms with Gasteiger partial charge in [-0.25, -0.2) is 0 Å². The van der Waals surface area contributed by atoms with Gasteiger partial charge < -0.3 is 14.2 Å². The highest BCUT2D eigenvalue weighted by Gasteiger charge is 2.19. The topological polar surface area (TPSA) is 78.9 Å². The number of allylic oxidation sites excluding steroid dienone is 8. The molecular weight excluding hydrogens is 721 g/mol. The molecule has 0 spiro atoms. The van der Waals surface area contributed by atoms with E-state index in [0.717, 1.165) is 64.2 Å². The molecule has 0 N–H and O–H groups in total. The lowest BCUT2D eigenvalue weighted by atomic mass is 10.0. The third-order valence-corrected chi connectivity index (χ3v) is 10.6. The normalized spacial score (nSPS) is 12.4. The predicted molar refractivity (Wildman–Crippen MR) is 247 cm³/mol. The van der Waals surface area contributed by atoms with Gasteiger partial charge in [0.25, 0.3) is 0 Å². The van der Waals surface area contributed by atoms with Crippen molar-refractivity contribution in [1.29, 1.82) is 0 Å². The van der Waals surface area contributed by atoms with Crippen molar-refractivity contribution in [3.63, 3.8) is 0 Å². The van der Waals surface area contributed by atoms with Crippen LogP contribution in [0, 0.1) is 0 Å². The largest absolute Gasteiger partial charge is 0.462 e. The van der Waals surface area contributed by atoms with Crippen molar-refractivity contribution < 1.29 is 28.6 Å². The van der Waals surface area contributed by atoms with Crippen LogP contribution in [0.2, 0.25) is 0 Å². The molecule has 0 heterocycles. The fourth-order valence-corrected chi connectivity index (χ4v) is 6.93. The molecule has 0 radical (unpaired) electrons. The standard InChI is InChI=1S/C52H92O6/c1-4-7-10-13-16-19-22-24-25-26-27-29-30-33-36-39-42-45-51(54)57-48-49(47-56-50(53)44-41-38-35-32-21-18-15-12-9-6-3)58-52(55)46-43-40-37-34-31-28-23-20-17-14-11-8-5-2/h8,11,17,20,28,31,37,40,49H,4-7,9-10,12-16,18-19,21-27,29-30,32-36,38-39,41-48H2,1-3H3/b11-8-,20-17-,31-28-,40-37-. The number of carbonyl (C=O) groups is 3. The first-order chi connectivity index (χ1) is 28.5. The molecule has 6 nitrogen and oxygen atoms in total. The first-order valence-electron chi connectivity index (χ1n) is 24.6. The van der Waals surface area contributed by atoms with E-state index < -0.39 is 6.10 Å². The third-order valence-electron chi connectivity index (χ3n) is 10.6. The summed E-state index contributed by atoms with van der Waals surface area (Å²) in [5.74, 6) is -0.976. The molecule has 0 aliphatic carbocycles. The molecule has 0 aromatic heterocycles. The highest BCUT2D eigenvalue weighted by Crippen LogP contribution is 2.15. The van der Waals surface area contributed by atoms with E-state index in [1.54, 1.807) is 0 Å². The lowest BCUT2D eigenvalue weighted by Crippen LogP contribution is -2.30. The van der Waals surface area contributed by atoms with Crippen LogP contribution in [0.3, 0.4) is 0 Å². The number of carbonyl (C=O) groups excluding carboxylic acids is 3. The highest BCUT2D eigenvalue weighted by molar-refractivity contribution is 5.71. The van der Waals surface area contributed by atoms with Gasteiger partial charge in [-0.15, -0.1) is 0 Å². The SMILES string of the molecule is CC/C=C\C/C=C\C/C=C\C/C=C\CCC(=O)OC(COC(=O)CCCCCCCCCCCC)COC(=O)CCCCCCCCCCCCCCCCCCC. The summed E-state index contributed by atoms with van der Waals surface area (Å²) >= 11 is 0. The average molecular weight is 813 g/mol. The van der Waals surface area contributed by atoms with Crippen molar-refractivity contribution in [2.24, 2.45) is 0 Å². The van der Waals surface area contributed by atoms with E-state index in [2.05, 4.69) is 57.2 Å². The van der Waals surface area contributed by atoms with E-state index in [4.69, 9.17) is 14.2 Å². The number of unbranched alkanes of at least 4 members (excludes halogenated alkanes) is 25. The Morgan fingerprint density at radius 2 is 0.672 bits per heavy atom. The molecular formula is C52H92O6. The van der Waals surface area contributed by atoms with Gasteiger partial charge in [0.2, 0.25) is 0 Å². The molecule has 58 heavy (non-hydrogen) atoms. The van der Waals surface area contributed by atoms with E-state index in [1.165, 1.54) is 135 Å². The first kappa shape index (κ1) is 55.4. The van der Waals surface area contributed by atoms with Crippen LogP contribution in [0.1, 0.15) is 245 Å². The summed E-state index contributed by atoms with van der Waals surface area (Å²) in [5.41, 5.74) is 0. The minimum atomic E-state index is -0.805. The van der Waals surface area contributed by atoms with Gasteiger partial charge in [-0.2, -0.15) is 0 Å². The molecule has 336 valence electrons. The van der Waals surface area contributed by atoms with Gasteiger partial charge in [0.15, 0.2) is 6.10 Å². The van der Waals surface area contributed by atoms with Crippen LogP contribution in [0.15, 0.2) is 48.6 Å². The zero-order valence-corrected chi connectivity index (χ0v) is 38.3. The third kappa shape index (κ3) is 44.5. The molecule has 1 unspecified atom stereocenters. The van der Waals surface area contributed by atoms with E-state index in [0.29, 0.717) is 19.3 Å². The monoisotopic (exact) mass is 813 g/mol. The van der Waals surface area contributed by atoms with E-state index in [-0.39, 0.29) is 37.5 Å². The van der Waals surface area contributed by atoms with Crippen molar-refractivity contribution in [2.75, 3.05) is 13.2 Å². The van der Waals surface area contributed by atoms with Crippen molar-refractivity contribution in [3.8, 4) is 0 Å². The van der Waals surface area contributed by atoms with Gasteiger partial charge >= 0.3 is 17.9 Å². The smallest absolute Gasteiger partial charge is 0.306 e. The maximum absolute atomic E-state index is 12.7. The summed E-state index contributed by atoms with van der Waals surface area (Å²) < 4.78 is 16.7. The maximum atomic E-state index is 12.7. The van der Waals surface area contributed by atoms with Crippen LogP contribution in [0.4, 0.5) is 0 Å². The lowest BCUT2D eigenvalue weighted by molar-refractivity contribution is -0.166. The summed E-state index contributed by atoms with van der Waals surface area (Å²) in [7, 11) is 0. The second-order valence-corrected chi connectivity index (χ2v) is 16.4. The van der Waals surface area contributed by atoms with Crippen LogP contribution < -0.4 is 0 Å². The Hall–Kier alpha value is -2.63. The molecule has 0 fully saturated rings. The molecule has 0 rings (SSSR count). The van der Waals surface area contributed by atoms with E-state index in [9.17, 15) is 14.4 Å².